The van der Waals surface area contributed by atoms with Crippen LogP contribution in [0.4, 0.5) is 8.78 Å². The zero-order valence-corrected chi connectivity index (χ0v) is 11.6. The molecular weight excluding hydrogens is 244 g/mol. The lowest BCUT2D eigenvalue weighted by molar-refractivity contribution is -0.0140. The molecule has 19 heavy (non-hydrogen) atoms. The minimum atomic E-state index is -2.68. The number of hydrogen-bond acceptors (Lipinski definition) is 1. The Morgan fingerprint density at radius 2 is 1.79 bits per heavy atom. The summed E-state index contributed by atoms with van der Waals surface area (Å²) in [6.07, 6.45) is 3.83. The van der Waals surface area contributed by atoms with Gasteiger partial charge < -0.3 is 5.32 Å². The van der Waals surface area contributed by atoms with Gasteiger partial charge in [0, 0.05) is 12.0 Å². The van der Waals surface area contributed by atoms with E-state index in [0.29, 0.717) is 12.3 Å². The van der Waals surface area contributed by atoms with Crippen molar-refractivity contribution in [3.8, 4) is 0 Å². The van der Waals surface area contributed by atoms with Crippen LogP contribution in [0.3, 0.4) is 0 Å². The van der Waals surface area contributed by atoms with E-state index in [1.807, 2.05) is 12.1 Å². The van der Waals surface area contributed by atoms with Crippen LogP contribution in [0.1, 0.15) is 43.7 Å². The molecule has 0 radical (unpaired) electrons. The van der Waals surface area contributed by atoms with E-state index in [9.17, 15) is 8.78 Å². The molecular formula is C16H23F2N. The highest BCUT2D eigenvalue weighted by molar-refractivity contribution is 5.26. The molecule has 1 aromatic rings. The van der Waals surface area contributed by atoms with Crippen molar-refractivity contribution in [2.75, 3.05) is 13.1 Å². The molecule has 0 aliphatic carbocycles. The Bertz CT molecular complexity index is 380. The SMILES string of the molecule is CCCC(F)(F)c1ccc(CC2CCNCC2)cc1. The molecule has 1 aromatic carbocycles. The van der Waals surface area contributed by atoms with Crippen LogP contribution in [0.25, 0.3) is 0 Å². The Balaban J connectivity index is 1.97. The van der Waals surface area contributed by atoms with Gasteiger partial charge in [-0.15, -0.1) is 0 Å². The average Bonchev–Trinajstić information content (AvgIpc) is 2.40. The number of piperidine rings is 1. The molecule has 0 atom stereocenters. The summed E-state index contributed by atoms with van der Waals surface area (Å²) in [6.45, 7) is 3.95. The van der Waals surface area contributed by atoms with Crippen LogP contribution in [-0.2, 0) is 12.3 Å². The molecule has 1 fully saturated rings. The maximum absolute atomic E-state index is 13.7. The lowest BCUT2D eigenvalue weighted by Crippen LogP contribution is -2.28. The Morgan fingerprint density at radius 3 is 2.37 bits per heavy atom. The summed E-state index contributed by atoms with van der Waals surface area (Å²) in [7, 11) is 0. The number of rotatable bonds is 5. The lowest BCUT2D eigenvalue weighted by Gasteiger charge is -2.23. The summed E-state index contributed by atoms with van der Waals surface area (Å²) < 4.78 is 27.5. The van der Waals surface area contributed by atoms with Gasteiger partial charge >= 0.3 is 0 Å². The highest BCUT2D eigenvalue weighted by atomic mass is 19.3. The van der Waals surface area contributed by atoms with Gasteiger partial charge in [0.15, 0.2) is 0 Å². The second kappa shape index (κ2) is 6.47. The zero-order chi connectivity index (χ0) is 13.7. The molecule has 106 valence electrons. The topological polar surface area (TPSA) is 12.0 Å². The molecule has 0 saturated carbocycles. The predicted octanol–water partition coefficient (Wildman–Crippen LogP) is 4.12. The van der Waals surface area contributed by atoms with E-state index >= 15 is 0 Å². The third-order valence-corrected chi connectivity index (χ3v) is 3.92. The van der Waals surface area contributed by atoms with Crippen molar-refractivity contribution < 1.29 is 8.78 Å². The van der Waals surface area contributed by atoms with Gasteiger partial charge in [-0.1, -0.05) is 37.6 Å². The minimum absolute atomic E-state index is 0.0688. The van der Waals surface area contributed by atoms with Crippen LogP contribution >= 0.6 is 0 Å². The van der Waals surface area contributed by atoms with Crippen LogP contribution < -0.4 is 5.32 Å². The molecule has 0 unspecified atom stereocenters. The molecule has 0 aromatic heterocycles. The average molecular weight is 267 g/mol. The van der Waals surface area contributed by atoms with Gasteiger partial charge in [-0.2, -0.15) is 0 Å². The van der Waals surface area contributed by atoms with E-state index in [1.165, 1.54) is 18.4 Å². The van der Waals surface area contributed by atoms with E-state index in [0.717, 1.165) is 19.5 Å². The summed E-state index contributed by atoms with van der Waals surface area (Å²) >= 11 is 0. The maximum atomic E-state index is 13.7. The number of halogens is 2. The van der Waals surface area contributed by atoms with Crippen molar-refractivity contribution >= 4 is 0 Å². The summed E-state index contributed by atoms with van der Waals surface area (Å²) in [4.78, 5) is 0. The lowest BCUT2D eigenvalue weighted by atomic mass is 9.90. The first-order valence-corrected chi connectivity index (χ1v) is 7.30. The van der Waals surface area contributed by atoms with Gasteiger partial charge in [0.25, 0.3) is 5.92 Å². The molecule has 1 aliphatic rings. The van der Waals surface area contributed by atoms with E-state index < -0.39 is 5.92 Å². The van der Waals surface area contributed by atoms with Gasteiger partial charge in [0.2, 0.25) is 0 Å². The molecule has 0 amide bonds. The second-order valence-electron chi connectivity index (χ2n) is 5.55. The fourth-order valence-corrected chi connectivity index (χ4v) is 2.76. The summed E-state index contributed by atoms with van der Waals surface area (Å²) in [5, 5.41) is 3.34. The van der Waals surface area contributed by atoms with Crippen LogP contribution in [0.5, 0.6) is 0 Å². The van der Waals surface area contributed by atoms with E-state index in [-0.39, 0.29) is 12.0 Å². The molecule has 1 aliphatic heterocycles. The number of alkyl halides is 2. The molecule has 1 nitrogen and oxygen atoms in total. The van der Waals surface area contributed by atoms with Crippen molar-refractivity contribution in [1.82, 2.24) is 5.32 Å². The third kappa shape index (κ3) is 4.00. The van der Waals surface area contributed by atoms with Crippen molar-refractivity contribution in [3.05, 3.63) is 35.4 Å². The van der Waals surface area contributed by atoms with Crippen molar-refractivity contribution in [1.29, 1.82) is 0 Å². The fourth-order valence-electron chi connectivity index (χ4n) is 2.76. The highest BCUT2D eigenvalue weighted by Gasteiger charge is 2.29. The normalized spacial score (nSPS) is 17.6. The predicted molar refractivity (Wildman–Crippen MR) is 74.5 cm³/mol. The van der Waals surface area contributed by atoms with Crippen molar-refractivity contribution in [2.24, 2.45) is 5.92 Å². The first-order valence-electron chi connectivity index (χ1n) is 7.30. The van der Waals surface area contributed by atoms with Crippen molar-refractivity contribution in [2.45, 2.75) is 45.0 Å². The van der Waals surface area contributed by atoms with Crippen LogP contribution in [0, 0.1) is 5.92 Å². The van der Waals surface area contributed by atoms with E-state index in [4.69, 9.17) is 0 Å². The van der Waals surface area contributed by atoms with Gasteiger partial charge in [0.1, 0.15) is 0 Å². The quantitative estimate of drug-likeness (QED) is 0.846. The second-order valence-corrected chi connectivity index (χ2v) is 5.55. The first-order chi connectivity index (χ1) is 9.12. The Morgan fingerprint density at radius 1 is 1.16 bits per heavy atom. The zero-order valence-electron chi connectivity index (χ0n) is 11.6. The van der Waals surface area contributed by atoms with Gasteiger partial charge in [-0.05, 0) is 43.8 Å². The maximum Gasteiger partial charge on any atom is 0.273 e. The van der Waals surface area contributed by atoms with Gasteiger partial charge in [-0.25, -0.2) is 8.78 Å². The smallest absolute Gasteiger partial charge is 0.273 e. The molecule has 1 heterocycles. The monoisotopic (exact) mass is 267 g/mol. The largest absolute Gasteiger partial charge is 0.317 e. The summed E-state index contributed by atoms with van der Waals surface area (Å²) in [5.74, 6) is -1.98. The van der Waals surface area contributed by atoms with E-state index in [2.05, 4.69) is 5.32 Å². The molecule has 3 heteroatoms. The first kappa shape index (κ1) is 14.4. The number of hydrogen-bond donors (Lipinski definition) is 1. The molecule has 0 bridgehead atoms. The Labute approximate surface area is 114 Å². The standard InChI is InChI=1S/C16H23F2N/c1-2-9-16(17,18)15-5-3-13(4-6-15)12-14-7-10-19-11-8-14/h3-6,14,19H,2,7-12H2,1H3. The fraction of sp³-hybridized carbons (Fsp3) is 0.625. The van der Waals surface area contributed by atoms with Crippen LogP contribution in [0.15, 0.2) is 24.3 Å². The Kier molecular flexibility index (Phi) is 4.92. The summed E-state index contributed by atoms with van der Waals surface area (Å²) in [6, 6.07) is 6.96. The number of benzene rings is 1. The Hall–Kier alpha value is -0.960. The molecule has 1 N–H and O–H groups in total. The minimum Gasteiger partial charge on any atom is -0.317 e. The molecule has 0 spiro atoms. The number of nitrogens with one attached hydrogen (secondary N) is 1. The van der Waals surface area contributed by atoms with Gasteiger partial charge in [-0.3, -0.25) is 0 Å². The molecule has 2 rings (SSSR count). The van der Waals surface area contributed by atoms with Crippen LogP contribution in [-0.4, -0.2) is 13.1 Å². The van der Waals surface area contributed by atoms with E-state index in [1.54, 1.807) is 19.1 Å². The highest BCUT2D eigenvalue weighted by Crippen LogP contribution is 2.33. The third-order valence-electron chi connectivity index (χ3n) is 3.92. The summed E-state index contributed by atoms with van der Waals surface area (Å²) in [5.41, 5.74) is 1.34. The van der Waals surface area contributed by atoms with Crippen LogP contribution in [0.2, 0.25) is 0 Å². The van der Waals surface area contributed by atoms with Crippen molar-refractivity contribution in [3.63, 3.8) is 0 Å². The molecule has 1 saturated heterocycles. The van der Waals surface area contributed by atoms with Gasteiger partial charge in [0.05, 0.1) is 0 Å².